The number of amides is 1. The molecule has 3 aromatic heterocycles. The molecule has 9 heteroatoms. The summed E-state index contributed by atoms with van der Waals surface area (Å²) in [6.07, 6.45) is 4.60. The number of carbonyl (C=O) groups excluding carboxylic acids is 1. The third-order valence-electron chi connectivity index (χ3n) is 5.37. The van der Waals surface area contributed by atoms with E-state index in [1.165, 1.54) is 28.0 Å². The Bertz CT molecular complexity index is 1330. The lowest BCUT2D eigenvalue weighted by Crippen LogP contribution is -2.14. The van der Waals surface area contributed by atoms with Crippen LogP contribution in [0.4, 0.5) is 5.00 Å². The maximum absolute atomic E-state index is 12.7. The number of hydrogen-bond donors (Lipinski definition) is 1. The standard InChI is InChI=1S/C23H19N5O2S2/c1-14-16(10-11-30-14)21-26-27-23(28(21)15-6-3-2-4-7-15)31-13-20(29)25-22-18(12-24)17-8-5-9-19(17)32-22/h2-4,6-7,10-11H,5,8-9,13H2,1H3,(H,25,29). The van der Waals surface area contributed by atoms with E-state index in [1.54, 1.807) is 6.26 Å². The predicted octanol–water partition coefficient (Wildman–Crippen LogP) is 4.99. The van der Waals surface area contributed by atoms with Gasteiger partial charge in [0.1, 0.15) is 16.8 Å². The van der Waals surface area contributed by atoms with Gasteiger partial charge in [0.25, 0.3) is 0 Å². The molecule has 32 heavy (non-hydrogen) atoms. The van der Waals surface area contributed by atoms with Crippen LogP contribution in [0.2, 0.25) is 0 Å². The number of furan rings is 1. The van der Waals surface area contributed by atoms with Gasteiger partial charge in [-0.3, -0.25) is 9.36 Å². The zero-order chi connectivity index (χ0) is 22.1. The van der Waals surface area contributed by atoms with E-state index >= 15 is 0 Å². The number of anilines is 1. The Labute approximate surface area is 193 Å². The van der Waals surface area contributed by atoms with Crippen molar-refractivity contribution in [1.29, 1.82) is 5.26 Å². The first-order chi connectivity index (χ1) is 15.7. The molecule has 1 aliphatic rings. The van der Waals surface area contributed by atoms with Crippen LogP contribution in [-0.2, 0) is 17.6 Å². The Kier molecular flexibility index (Phi) is 5.55. The van der Waals surface area contributed by atoms with Gasteiger partial charge < -0.3 is 9.73 Å². The number of carbonyl (C=O) groups is 1. The number of nitrogens with zero attached hydrogens (tertiary/aromatic N) is 4. The first-order valence-corrected chi connectivity index (χ1v) is 12.0. The van der Waals surface area contributed by atoms with Crippen molar-refractivity contribution in [1.82, 2.24) is 14.8 Å². The first kappa shape index (κ1) is 20.5. The molecule has 0 aliphatic heterocycles. The molecule has 0 fully saturated rings. The summed E-state index contributed by atoms with van der Waals surface area (Å²) >= 11 is 2.83. The van der Waals surface area contributed by atoms with E-state index in [0.29, 0.717) is 21.5 Å². The number of aryl methyl sites for hydroxylation is 2. The number of rotatable bonds is 6. The van der Waals surface area contributed by atoms with Gasteiger partial charge in [-0.2, -0.15) is 5.26 Å². The molecule has 1 aliphatic carbocycles. The summed E-state index contributed by atoms with van der Waals surface area (Å²) in [5.41, 5.74) is 3.47. The Balaban J connectivity index is 1.38. The fourth-order valence-corrected chi connectivity index (χ4v) is 5.88. The lowest BCUT2D eigenvalue weighted by molar-refractivity contribution is -0.113. The van der Waals surface area contributed by atoms with Crippen LogP contribution < -0.4 is 5.32 Å². The molecule has 0 saturated heterocycles. The molecule has 0 unspecified atom stereocenters. The minimum absolute atomic E-state index is 0.156. The van der Waals surface area contributed by atoms with Gasteiger partial charge in [0.2, 0.25) is 5.91 Å². The van der Waals surface area contributed by atoms with Crippen molar-refractivity contribution in [3.63, 3.8) is 0 Å². The quantitative estimate of drug-likeness (QED) is 0.407. The van der Waals surface area contributed by atoms with Crippen LogP contribution >= 0.6 is 23.1 Å². The van der Waals surface area contributed by atoms with Crippen molar-refractivity contribution in [2.24, 2.45) is 0 Å². The van der Waals surface area contributed by atoms with Gasteiger partial charge in [0.15, 0.2) is 11.0 Å². The van der Waals surface area contributed by atoms with E-state index in [2.05, 4.69) is 21.6 Å². The number of thioether (sulfide) groups is 1. The molecular weight excluding hydrogens is 442 g/mol. The predicted molar refractivity (Wildman–Crippen MR) is 124 cm³/mol. The van der Waals surface area contributed by atoms with Crippen LogP contribution in [0.3, 0.4) is 0 Å². The van der Waals surface area contributed by atoms with Crippen molar-refractivity contribution in [2.75, 3.05) is 11.1 Å². The maximum atomic E-state index is 12.7. The highest BCUT2D eigenvalue weighted by Crippen LogP contribution is 2.38. The zero-order valence-corrected chi connectivity index (χ0v) is 18.9. The smallest absolute Gasteiger partial charge is 0.235 e. The van der Waals surface area contributed by atoms with E-state index in [9.17, 15) is 10.1 Å². The molecule has 1 N–H and O–H groups in total. The fourth-order valence-electron chi connectivity index (χ4n) is 3.87. The minimum atomic E-state index is -0.171. The molecule has 3 heterocycles. The Morgan fingerprint density at radius 2 is 2.12 bits per heavy atom. The van der Waals surface area contributed by atoms with Gasteiger partial charge >= 0.3 is 0 Å². The van der Waals surface area contributed by atoms with E-state index < -0.39 is 0 Å². The summed E-state index contributed by atoms with van der Waals surface area (Å²) < 4.78 is 7.38. The van der Waals surface area contributed by atoms with Gasteiger partial charge in [-0.15, -0.1) is 21.5 Å². The van der Waals surface area contributed by atoms with E-state index in [4.69, 9.17) is 4.42 Å². The topological polar surface area (TPSA) is 96.7 Å². The van der Waals surface area contributed by atoms with Crippen molar-refractivity contribution < 1.29 is 9.21 Å². The first-order valence-electron chi connectivity index (χ1n) is 10.2. The van der Waals surface area contributed by atoms with Crippen LogP contribution in [0.25, 0.3) is 17.1 Å². The van der Waals surface area contributed by atoms with Crippen molar-refractivity contribution in [3.8, 4) is 23.1 Å². The normalized spacial score (nSPS) is 12.5. The second-order valence-electron chi connectivity index (χ2n) is 7.38. The SMILES string of the molecule is Cc1occc1-c1nnc(SCC(=O)Nc2sc3c(c2C#N)CCC3)n1-c1ccccc1. The fraction of sp³-hybridized carbons (Fsp3) is 0.217. The summed E-state index contributed by atoms with van der Waals surface area (Å²) in [4.78, 5) is 13.9. The Morgan fingerprint density at radius 3 is 2.88 bits per heavy atom. The number of aromatic nitrogens is 3. The van der Waals surface area contributed by atoms with Gasteiger partial charge in [-0.05, 0) is 49.9 Å². The monoisotopic (exact) mass is 461 g/mol. The van der Waals surface area contributed by atoms with Crippen LogP contribution in [0.1, 0.15) is 28.2 Å². The van der Waals surface area contributed by atoms with E-state index in [-0.39, 0.29) is 11.7 Å². The Morgan fingerprint density at radius 1 is 1.28 bits per heavy atom. The molecule has 0 bridgehead atoms. The van der Waals surface area contributed by atoms with Gasteiger partial charge in [0.05, 0.1) is 23.1 Å². The summed E-state index contributed by atoms with van der Waals surface area (Å²) in [5.74, 6) is 1.39. The number of benzene rings is 1. The zero-order valence-electron chi connectivity index (χ0n) is 17.3. The van der Waals surface area contributed by atoms with E-state index in [1.807, 2.05) is 47.9 Å². The second kappa shape index (κ2) is 8.65. The summed E-state index contributed by atoms with van der Waals surface area (Å²) in [6.45, 7) is 1.88. The van der Waals surface area contributed by atoms with Crippen LogP contribution in [0, 0.1) is 18.3 Å². The summed E-state index contributed by atoms with van der Waals surface area (Å²) in [7, 11) is 0. The van der Waals surface area contributed by atoms with Gasteiger partial charge in [-0.1, -0.05) is 30.0 Å². The van der Waals surface area contributed by atoms with E-state index in [0.717, 1.165) is 41.8 Å². The molecule has 1 amide bonds. The maximum Gasteiger partial charge on any atom is 0.235 e. The highest BCUT2D eigenvalue weighted by atomic mass is 32.2. The third kappa shape index (κ3) is 3.72. The lowest BCUT2D eigenvalue weighted by atomic mass is 10.1. The van der Waals surface area contributed by atoms with Crippen molar-refractivity contribution in [3.05, 3.63) is 64.4 Å². The minimum Gasteiger partial charge on any atom is -0.469 e. The Hall–Kier alpha value is -3.35. The average Bonchev–Trinajstić information content (AvgIpc) is 3.56. The second-order valence-corrected chi connectivity index (χ2v) is 9.43. The third-order valence-corrected chi connectivity index (χ3v) is 7.50. The summed E-state index contributed by atoms with van der Waals surface area (Å²) in [6, 6.07) is 13.9. The van der Waals surface area contributed by atoms with Crippen molar-refractivity contribution >= 4 is 34.0 Å². The molecule has 7 nitrogen and oxygen atoms in total. The number of hydrogen-bond acceptors (Lipinski definition) is 7. The lowest BCUT2D eigenvalue weighted by Gasteiger charge is -2.10. The number of fused-ring (bicyclic) bond motifs is 1. The van der Waals surface area contributed by atoms with Gasteiger partial charge in [0, 0.05) is 10.6 Å². The molecule has 160 valence electrons. The molecular formula is C23H19N5O2S2. The molecule has 0 atom stereocenters. The molecule has 0 radical (unpaired) electrons. The van der Waals surface area contributed by atoms with Crippen molar-refractivity contribution in [2.45, 2.75) is 31.3 Å². The number of para-hydroxylation sites is 1. The highest BCUT2D eigenvalue weighted by Gasteiger charge is 2.24. The number of nitrogens with one attached hydrogen (secondary N) is 1. The number of nitriles is 1. The molecule has 0 spiro atoms. The van der Waals surface area contributed by atoms with Crippen LogP contribution in [0.5, 0.6) is 0 Å². The van der Waals surface area contributed by atoms with Crippen LogP contribution in [0.15, 0.2) is 52.2 Å². The number of thiophene rings is 1. The molecule has 0 saturated carbocycles. The van der Waals surface area contributed by atoms with Crippen LogP contribution in [-0.4, -0.2) is 26.4 Å². The summed E-state index contributed by atoms with van der Waals surface area (Å²) in [5, 5.41) is 22.5. The molecule has 1 aromatic carbocycles. The highest BCUT2D eigenvalue weighted by molar-refractivity contribution is 7.99. The molecule has 4 aromatic rings. The molecule has 5 rings (SSSR count). The largest absolute Gasteiger partial charge is 0.469 e. The average molecular weight is 462 g/mol. The van der Waals surface area contributed by atoms with Gasteiger partial charge in [-0.25, -0.2) is 0 Å².